The molecule has 1 rings (SSSR count). The lowest BCUT2D eigenvalue weighted by Crippen LogP contribution is -1.83. The van der Waals surface area contributed by atoms with Crippen molar-refractivity contribution >= 4 is 23.2 Å². The topological polar surface area (TPSA) is 0 Å². The third-order valence-corrected chi connectivity index (χ3v) is 2.09. The molecule has 0 fully saturated rings. The molecule has 0 N–H and O–H groups in total. The Kier molecular flexibility index (Phi) is 3.53. The molecule has 0 unspecified atom stereocenters. The highest BCUT2D eigenvalue weighted by molar-refractivity contribution is 6.42. The lowest BCUT2D eigenvalue weighted by Gasteiger charge is -1.96. The first-order valence-electron chi connectivity index (χ1n) is 3.35. The van der Waals surface area contributed by atoms with Crippen molar-refractivity contribution in [1.82, 2.24) is 0 Å². The van der Waals surface area contributed by atoms with Gasteiger partial charge >= 0.3 is 0 Å². The molecule has 1 aromatic rings. The van der Waals surface area contributed by atoms with E-state index in [1.165, 1.54) is 6.07 Å². The van der Waals surface area contributed by atoms with Gasteiger partial charge in [0.25, 0.3) is 6.43 Å². The van der Waals surface area contributed by atoms with E-state index < -0.39 is 6.43 Å². The first-order valence-corrected chi connectivity index (χ1v) is 4.10. The maximum absolute atomic E-state index is 11.7. The highest BCUT2D eigenvalue weighted by Crippen LogP contribution is 2.24. The molecule has 0 atom stereocenters. The van der Waals surface area contributed by atoms with Crippen molar-refractivity contribution < 1.29 is 8.78 Å². The van der Waals surface area contributed by atoms with Crippen LogP contribution in [-0.4, -0.2) is 6.43 Å². The molecule has 68 valence electrons. The van der Waals surface area contributed by atoms with Crippen LogP contribution in [-0.2, 0) is 0 Å². The van der Waals surface area contributed by atoms with Gasteiger partial charge in [0.1, 0.15) is 0 Å². The van der Waals surface area contributed by atoms with Crippen molar-refractivity contribution in [3.8, 4) is 11.8 Å². The van der Waals surface area contributed by atoms with Crippen LogP contribution in [0.2, 0.25) is 10.0 Å². The fourth-order valence-electron chi connectivity index (χ4n) is 0.733. The molecule has 0 bridgehead atoms. The van der Waals surface area contributed by atoms with E-state index in [1.54, 1.807) is 18.1 Å². The molecule has 0 aromatic heterocycles. The molecule has 0 saturated heterocycles. The zero-order valence-electron chi connectivity index (χ0n) is 6.32. The summed E-state index contributed by atoms with van der Waals surface area (Å²) in [5, 5.41) is 0.514. The summed E-state index contributed by atoms with van der Waals surface area (Å²) in [6.45, 7) is 0. The summed E-state index contributed by atoms with van der Waals surface area (Å²) in [4.78, 5) is 0. The van der Waals surface area contributed by atoms with Crippen molar-refractivity contribution in [2.45, 2.75) is 6.43 Å². The van der Waals surface area contributed by atoms with Gasteiger partial charge < -0.3 is 0 Å². The van der Waals surface area contributed by atoms with Crippen LogP contribution in [0.3, 0.4) is 0 Å². The van der Waals surface area contributed by atoms with Gasteiger partial charge in [0.05, 0.1) is 10.0 Å². The molecule has 0 radical (unpaired) electrons. The second-order valence-corrected chi connectivity index (χ2v) is 2.96. The van der Waals surface area contributed by atoms with Crippen LogP contribution in [0.15, 0.2) is 18.2 Å². The second-order valence-electron chi connectivity index (χ2n) is 2.17. The van der Waals surface area contributed by atoms with Gasteiger partial charge in [-0.3, -0.25) is 0 Å². The normalized spacial score (nSPS) is 9.62. The Hall–Kier alpha value is -0.780. The summed E-state index contributed by atoms with van der Waals surface area (Å²) >= 11 is 11.3. The summed E-state index contributed by atoms with van der Waals surface area (Å²) in [7, 11) is 0. The lowest BCUT2D eigenvalue weighted by molar-refractivity contribution is 0.215. The monoisotopic (exact) mass is 220 g/mol. The number of hydrogen-bond acceptors (Lipinski definition) is 0. The number of halogens is 4. The summed E-state index contributed by atoms with van der Waals surface area (Å²) in [5.41, 5.74) is 0.314. The summed E-state index contributed by atoms with van der Waals surface area (Å²) in [6.07, 6.45) is -2.66. The van der Waals surface area contributed by atoms with E-state index in [0.717, 1.165) is 0 Å². The smallest absolute Gasteiger partial charge is 0.196 e. The first-order chi connectivity index (χ1) is 6.11. The van der Waals surface area contributed by atoms with E-state index in [0.29, 0.717) is 10.6 Å². The minimum absolute atomic E-state index is 0.206. The highest BCUT2D eigenvalue weighted by atomic mass is 35.5. The van der Waals surface area contributed by atoms with Gasteiger partial charge in [-0.25, -0.2) is 0 Å². The Morgan fingerprint density at radius 2 is 1.92 bits per heavy atom. The van der Waals surface area contributed by atoms with Crippen LogP contribution in [0.1, 0.15) is 5.56 Å². The molecule has 4 heteroatoms. The highest BCUT2D eigenvalue weighted by Gasteiger charge is 2.01. The fraction of sp³-hybridized carbons (Fsp3) is 0.111. The Morgan fingerprint density at radius 3 is 2.54 bits per heavy atom. The van der Waals surface area contributed by atoms with Crippen LogP contribution in [0, 0.1) is 11.8 Å². The van der Waals surface area contributed by atoms with Crippen molar-refractivity contribution in [1.29, 1.82) is 0 Å². The molecule has 13 heavy (non-hydrogen) atoms. The molecule has 0 aliphatic carbocycles. The van der Waals surface area contributed by atoms with Crippen LogP contribution in [0.5, 0.6) is 0 Å². The summed E-state index contributed by atoms with van der Waals surface area (Å²) < 4.78 is 23.4. The van der Waals surface area contributed by atoms with Crippen molar-refractivity contribution in [3.63, 3.8) is 0 Å². The van der Waals surface area contributed by atoms with E-state index in [-0.39, 0.29) is 5.02 Å². The summed E-state index contributed by atoms with van der Waals surface area (Å²) in [5.74, 6) is 3.94. The molecule has 0 saturated carbocycles. The van der Waals surface area contributed by atoms with E-state index in [4.69, 9.17) is 23.2 Å². The minimum Gasteiger partial charge on any atom is -0.196 e. The predicted octanol–water partition coefficient (Wildman–Crippen LogP) is 3.61. The average Bonchev–Trinajstić information content (AvgIpc) is 2.07. The minimum atomic E-state index is -2.66. The van der Waals surface area contributed by atoms with Gasteiger partial charge in [-0.05, 0) is 18.1 Å². The zero-order chi connectivity index (χ0) is 9.84. The number of benzene rings is 1. The molecule has 0 aliphatic heterocycles. The quantitative estimate of drug-likeness (QED) is 0.587. The Balaban J connectivity index is 3.04. The van der Waals surface area contributed by atoms with Gasteiger partial charge in [0.2, 0.25) is 0 Å². The summed E-state index contributed by atoms with van der Waals surface area (Å²) in [6, 6.07) is 4.70. The SMILES string of the molecule is FC(F)C#Cc1cccc(Cl)c1Cl. The van der Waals surface area contributed by atoms with Gasteiger partial charge in [-0.2, -0.15) is 8.78 Å². The molecule has 0 nitrogen and oxygen atoms in total. The molecule has 0 amide bonds. The van der Waals surface area contributed by atoms with Crippen LogP contribution in [0.25, 0.3) is 0 Å². The standard InChI is InChI=1S/C9H4Cl2F2/c10-7-3-1-2-6(9(7)11)4-5-8(12)13/h1-3,8H. The van der Waals surface area contributed by atoms with Gasteiger partial charge in [-0.1, -0.05) is 35.2 Å². The first kappa shape index (κ1) is 10.3. The molecule has 0 heterocycles. The lowest BCUT2D eigenvalue weighted by atomic mass is 10.2. The average molecular weight is 221 g/mol. The Labute approximate surface area is 84.5 Å². The van der Waals surface area contributed by atoms with E-state index in [1.807, 2.05) is 0 Å². The third-order valence-electron chi connectivity index (χ3n) is 1.27. The third kappa shape index (κ3) is 2.87. The van der Waals surface area contributed by atoms with Crippen LogP contribution < -0.4 is 0 Å². The zero-order valence-corrected chi connectivity index (χ0v) is 7.83. The van der Waals surface area contributed by atoms with Crippen molar-refractivity contribution in [2.75, 3.05) is 0 Å². The fourth-order valence-corrected chi connectivity index (χ4v) is 1.08. The van der Waals surface area contributed by atoms with Crippen LogP contribution >= 0.6 is 23.2 Å². The van der Waals surface area contributed by atoms with Crippen LogP contribution in [0.4, 0.5) is 8.78 Å². The second kappa shape index (κ2) is 4.45. The number of hydrogen-bond donors (Lipinski definition) is 0. The number of rotatable bonds is 0. The molecular formula is C9H4Cl2F2. The molecule has 1 aromatic carbocycles. The van der Waals surface area contributed by atoms with E-state index in [9.17, 15) is 8.78 Å². The van der Waals surface area contributed by atoms with Gasteiger partial charge in [0.15, 0.2) is 0 Å². The maximum Gasteiger partial charge on any atom is 0.299 e. The largest absolute Gasteiger partial charge is 0.299 e. The predicted molar refractivity (Wildman–Crippen MR) is 49.3 cm³/mol. The maximum atomic E-state index is 11.7. The number of alkyl halides is 2. The van der Waals surface area contributed by atoms with E-state index >= 15 is 0 Å². The Morgan fingerprint density at radius 1 is 1.23 bits per heavy atom. The van der Waals surface area contributed by atoms with Crippen molar-refractivity contribution in [3.05, 3.63) is 33.8 Å². The molecular weight excluding hydrogens is 217 g/mol. The molecule has 0 spiro atoms. The van der Waals surface area contributed by atoms with E-state index in [2.05, 4.69) is 5.92 Å². The van der Waals surface area contributed by atoms with Crippen molar-refractivity contribution in [2.24, 2.45) is 0 Å². The van der Waals surface area contributed by atoms with Gasteiger partial charge in [-0.15, -0.1) is 0 Å². The Bertz CT molecular complexity index is 364. The molecule has 0 aliphatic rings. The van der Waals surface area contributed by atoms with Gasteiger partial charge in [0, 0.05) is 5.56 Å².